The van der Waals surface area contributed by atoms with Crippen molar-refractivity contribution in [3.05, 3.63) is 59.7 Å². The van der Waals surface area contributed by atoms with Crippen molar-refractivity contribution in [3.8, 4) is 11.4 Å². The third-order valence-corrected chi connectivity index (χ3v) is 5.70. The Morgan fingerprint density at radius 2 is 1.89 bits per heavy atom. The van der Waals surface area contributed by atoms with Crippen LogP contribution >= 0.6 is 11.8 Å². The second-order valence-corrected chi connectivity index (χ2v) is 7.36. The average Bonchev–Trinajstić information content (AvgIpc) is 3.19. The van der Waals surface area contributed by atoms with Crippen molar-refractivity contribution < 1.29 is 9.59 Å². The van der Waals surface area contributed by atoms with Gasteiger partial charge in [-0.2, -0.15) is 0 Å². The summed E-state index contributed by atoms with van der Waals surface area (Å²) in [6, 6.07) is 15.3. The summed E-state index contributed by atoms with van der Waals surface area (Å²) in [4.78, 5) is 26.0. The summed E-state index contributed by atoms with van der Waals surface area (Å²) in [6.07, 6.45) is 0.351. The zero-order valence-corrected chi connectivity index (χ0v) is 15.9. The van der Waals surface area contributed by atoms with E-state index in [9.17, 15) is 9.59 Å². The molecular weight excluding hydrogens is 360 g/mol. The fourth-order valence-corrected chi connectivity index (χ4v) is 3.94. The minimum absolute atomic E-state index is 0.00839. The number of anilines is 1. The Hall–Kier alpha value is -2.93. The highest BCUT2D eigenvalue weighted by Crippen LogP contribution is 2.29. The largest absolute Gasteiger partial charge is 0.315 e. The average molecular weight is 378 g/mol. The van der Waals surface area contributed by atoms with Crippen LogP contribution in [-0.4, -0.2) is 39.3 Å². The van der Waals surface area contributed by atoms with Gasteiger partial charge < -0.3 is 9.47 Å². The quantitative estimate of drug-likeness (QED) is 0.504. The first-order valence-electron chi connectivity index (χ1n) is 8.55. The van der Waals surface area contributed by atoms with E-state index >= 15 is 0 Å². The van der Waals surface area contributed by atoms with Gasteiger partial charge in [-0.25, -0.2) is 0 Å². The van der Waals surface area contributed by atoms with E-state index in [1.54, 1.807) is 18.0 Å². The van der Waals surface area contributed by atoms with E-state index in [-0.39, 0.29) is 17.4 Å². The van der Waals surface area contributed by atoms with Crippen molar-refractivity contribution in [3.63, 3.8) is 0 Å². The molecule has 0 saturated heterocycles. The third kappa shape index (κ3) is 3.26. The fourth-order valence-electron chi connectivity index (χ4n) is 3.14. The molecule has 0 atom stereocenters. The highest BCUT2D eigenvalue weighted by Gasteiger charge is 2.25. The maximum Gasteiger partial charge on any atom is 0.231 e. The number of hydrogen-bond donors (Lipinski definition) is 0. The second kappa shape index (κ2) is 7.00. The second-order valence-electron chi connectivity index (χ2n) is 6.42. The molecular formula is C20H18N4O2S. The van der Waals surface area contributed by atoms with E-state index in [1.807, 2.05) is 54.1 Å². The summed E-state index contributed by atoms with van der Waals surface area (Å²) < 4.78 is 1.89. The Morgan fingerprint density at radius 1 is 1.11 bits per heavy atom. The number of nitrogens with zero attached hydrogens (tertiary/aromatic N) is 4. The lowest BCUT2D eigenvalue weighted by atomic mass is 10.1. The molecule has 0 saturated carbocycles. The molecule has 0 aliphatic carbocycles. The molecule has 27 heavy (non-hydrogen) atoms. The molecule has 4 rings (SSSR count). The van der Waals surface area contributed by atoms with Crippen molar-refractivity contribution in [2.75, 3.05) is 17.7 Å². The highest BCUT2D eigenvalue weighted by molar-refractivity contribution is 7.99. The summed E-state index contributed by atoms with van der Waals surface area (Å²) in [5, 5.41) is 9.14. The number of rotatable bonds is 5. The van der Waals surface area contributed by atoms with Gasteiger partial charge in [0.15, 0.2) is 16.8 Å². The van der Waals surface area contributed by atoms with E-state index in [1.165, 1.54) is 11.8 Å². The number of carbonyl (C=O) groups is 2. The maximum absolute atomic E-state index is 12.6. The Kier molecular flexibility index (Phi) is 4.53. The zero-order valence-electron chi connectivity index (χ0n) is 15.0. The van der Waals surface area contributed by atoms with Crippen LogP contribution in [0.25, 0.3) is 11.4 Å². The maximum atomic E-state index is 12.6. The summed E-state index contributed by atoms with van der Waals surface area (Å²) in [5.74, 6) is 1.10. The predicted octanol–water partition coefficient (Wildman–Crippen LogP) is 2.98. The van der Waals surface area contributed by atoms with Crippen molar-refractivity contribution >= 4 is 29.1 Å². The van der Waals surface area contributed by atoms with Crippen molar-refractivity contribution in [2.45, 2.75) is 11.6 Å². The number of fused-ring (bicyclic) bond motifs is 1. The molecule has 6 nitrogen and oxygen atoms in total. The smallest absolute Gasteiger partial charge is 0.231 e. The number of aromatic nitrogens is 3. The zero-order chi connectivity index (χ0) is 19.0. The van der Waals surface area contributed by atoms with E-state index in [0.29, 0.717) is 17.1 Å². The first kappa shape index (κ1) is 17.5. The van der Waals surface area contributed by atoms with Crippen LogP contribution in [0.15, 0.2) is 53.7 Å². The van der Waals surface area contributed by atoms with Crippen LogP contribution in [0.2, 0.25) is 0 Å². The predicted molar refractivity (Wildman–Crippen MR) is 105 cm³/mol. The van der Waals surface area contributed by atoms with Crippen LogP contribution in [0.5, 0.6) is 0 Å². The van der Waals surface area contributed by atoms with E-state index in [0.717, 1.165) is 22.6 Å². The molecule has 0 fully saturated rings. The highest BCUT2D eigenvalue weighted by atomic mass is 32.2. The number of benzene rings is 2. The summed E-state index contributed by atoms with van der Waals surface area (Å²) in [5.41, 5.74) is 3.39. The lowest BCUT2D eigenvalue weighted by Crippen LogP contribution is -2.20. The Labute approximate surface area is 161 Å². The van der Waals surface area contributed by atoms with E-state index < -0.39 is 0 Å². The van der Waals surface area contributed by atoms with Crippen LogP contribution in [0, 0.1) is 0 Å². The molecule has 2 aromatic carbocycles. The number of ketones is 1. The molecule has 0 N–H and O–H groups in total. The molecule has 0 radical (unpaired) electrons. The normalized spacial score (nSPS) is 13.1. The molecule has 1 aromatic heterocycles. The number of Topliss-reactive ketones (excluding diaryl/α,β-unsaturated/α-hetero) is 1. The lowest BCUT2D eigenvalue weighted by Gasteiger charge is -2.10. The van der Waals surface area contributed by atoms with Crippen LogP contribution in [0.3, 0.4) is 0 Å². The molecule has 2 heterocycles. The molecule has 136 valence electrons. The molecule has 0 unspecified atom stereocenters. The molecule has 0 bridgehead atoms. The molecule has 1 aliphatic heterocycles. The Morgan fingerprint density at radius 3 is 2.67 bits per heavy atom. The Bertz CT molecular complexity index is 1030. The minimum atomic E-state index is 0.00839. The van der Waals surface area contributed by atoms with Crippen LogP contribution in [0.4, 0.5) is 5.69 Å². The molecule has 7 heteroatoms. The molecule has 1 aliphatic rings. The summed E-state index contributed by atoms with van der Waals surface area (Å²) in [7, 11) is 3.65. The Balaban J connectivity index is 1.47. The van der Waals surface area contributed by atoms with Crippen molar-refractivity contribution in [1.29, 1.82) is 0 Å². The number of hydrogen-bond acceptors (Lipinski definition) is 5. The fraction of sp³-hybridized carbons (Fsp3) is 0.200. The lowest BCUT2D eigenvalue weighted by molar-refractivity contribution is -0.117. The van der Waals surface area contributed by atoms with Crippen LogP contribution in [0.1, 0.15) is 15.9 Å². The van der Waals surface area contributed by atoms with Gasteiger partial charge in [0.2, 0.25) is 5.91 Å². The molecule has 3 aromatic rings. The van der Waals surface area contributed by atoms with Gasteiger partial charge in [0, 0.05) is 30.9 Å². The van der Waals surface area contributed by atoms with Gasteiger partial charge in [-0.3, -0.25) is 9.59 Å². The number of amides is 1. The van der Waals surface area contributed by atoms with Gasteiger partial charge in [0.05, 0.1) is 12.2 Å². The first-order valence-corrected chi connectivity index (χ1v) is 9.53. The molecule has 1 amide bonds. The van der Waals surface area contributed by atoms with E-state index in [2.05, 4.69) is 10.2 Å². The van der Waals surface area contributed by atoms with Gasteiger partial charge in [0.25, 0.3) is 0 Å². The number of thioether (sulfide) groups is 1. The van der Waals surface area contributed by atoms with Gasteiger partial charge in [-0.1, -0.05) is 42.1 Å². The number of likely N-dealkylation sites (N-methyl/N-ethyl adjacent to an activating group) is 1. The first-order chi connectivity index (χ1) is 13.0. The topological polar surface area (TPSA) is 68.1 Å². The van der Waals surface area contributed by atoms with Crippen LogP contribution < -0.4 is 4.90 Å². The van der Waals surface area contributed by atoms with Gasteiger partial charge in [-0.15, -0.1) is 10.2 Å². The van der Waals surface area contributed by atoms with Gasteiger partial charge >= 0.3 is 0 Å². The minimum Gasteiger partial charge on any atom is -0.315 e. The van der Waals surface area contributed by atoms with Crippen molar-refractivity contribution in [2.24, 2.45) is 7.05 Å². The number of carbonyl (C=O) groups excluding carboxylic acids is 2. The third-order valence-electron chi connectivity index (χ3n) is 4.68. The van der Waals surface area contributed by atoms with Gasteiger partial charge in [0.1, 0.15) is 0 Å². The summed E-state index contributed by atoms with van der Waals surface area (Å²) in [6.45, 7) is 0. The SMILES string of the molecule is CN1C(=O)Cc2cc(C(=O)CSc3nnc(-c4ccccc4)n3C)ccc21. The summed E-state index contributed by atoms with van der Waals surface area (Å²) >= 11 is 1.36. The van der Waals surface area contributed by atoms with Crippen LogP contribution in [-0.2, 0) is 18.3 Å². The van der Waals surface area contributed by atoms with Crippen molar-refractivity contribution in [1.82, 2.24) is 14.8 Å². The van der Waals surface area contributed by atoms with E-state index in [4.69, 9.17) is 0 Å². The molecule has 0 spiro atoms. The van der Waals surface area contributed by atoms with Gasteiger partial charge in [-0.05, 0) is 23.8 Å². The monoisotopic (exact) mass is 378 g/mol. The standard InChI is InChI=1S/C20H18N4O2S/c1-23-16-9-8-14(10-15(16)11-18(23)26)17(25)12-27-20-22-21-19(24(20)2)13-6-4-3-5-7-13/h3-10H,11-12H2,1-2H3.